The number of hydrogen-bond donors (Lipinski definition) is 4. The van der Waals surface area contributed by atoms with Crippen LogP contribution in [0.1, 0.15) is 30.1 Å². The second-order valence-electron chi connectivity index (χ2n) is 9.25. The highest BCUT2D eigenvalue weighted by Gasteiger charge is 2.59. The zero-order chi connectivity index (χ0) is 23.3. The summed E-state index contributed by atoms with van der Waals surface area (Å²) in [7, 11) is 0. The SMILES string of the molecule is O=C1CCc2cc([C@@H](O)CN3C[C@H]4C[C@H](Oc5ccccc5F)[C@H](O)[C@@]4(O)C3)cc(F)c2N1. The molecule has 5 atom stereocenters. The Bertz CT molecular complexity index is 1080. The standard InChI is InChI=1S/C24H26F2N2O5/c25-16-3-1-2-4-19(16)33-20-9-15-10-28(12-24(15,32)23(20)31)11-18(29)14-7-13-5-6-21(30)27-22(13)17(26)8-14/h1-4,7-8,15,18,20,23,29,31-32H,5-6,9-12H2,(H,27,30)/t15-,18+,20+,23+,24-/m1/s1. The first-order valence-electron chi connectivity index (χ1n) is 11.1. The fourth-order valence-corrected chi connectivity index (χ4v) is 5.34. The van der Waals surface area contributed by atoms with E-state index in [2.05, 4.69) is 5.32 Å². The number of aryl methyl sites for hydroxylation is 1. The monoisotopic (exact) mass is 460 g/mol. The molecule has 1 amide bonds. The second kappa shape index (κ2) is 8.32. The molecule has 2 aromatic carbocycles. The summed E-state index contributed by atoms with van der Waals surface area (Å²) in [5.41, 5.74) is -0.241. The quantitative estimate of drug-likeness (QED) is 0.543. The molecule has 4 N–H and O–H groups in total. The number of amides is 1. The lowest BCUT2D eigenvalue weighted by Crippen LogP contribution is -2.49. The maximum absolute atomic E-state index is 14.5. The van der Waals surface area contributed by atoms with Crippen LogP contribution in [0.3, 0.4) is 0 Å². The number of carbonyl (C=O) groups is 1. The molecule has 2 aromatic rings. The number of rotatable bonds is 5. The molecule has 9 heteroatoms. The molecule has 1 saturated heterocycles. The maximum atomic E-state index is 14.5. The van der Waals surface area contributed by atoms with Crippen molar-refractivity contribution < 1.29 is 33.6 Å². The number of hydrogen-bond acceptors (Lipinski definition) is 6. The molecule has 1 aliphatic carbocycles. The van der Waals surface area contributed by atoms with E-state index in [1.165, 1.54) is 18.2 Å². The lowest BCUT2D eigenvalue weighted by molar-refractivity contribution is -0.116. The summed E-state index contributed by atoms with van der Waals surface area (Å²) in [5, 5.41) is 35.2. The minimum absolute atomic E-state index is 0.0306. The summed E-state index contributed by atoms with van der Waals surface area (Å²) in [6, 6.07) is 8.84. The minimum Gasteiger partial charge on any atom is -0.485 e. The van der Waals surface area contributed by atoms with Gasteiger partial charge in [0.05, 0.1) is 11.8 Å². The summed E-state index contributed by atoms with van der Waals surface area (Å²) < 4.78 is 34.1. The lowest BCUT2D eigenvalue weighted by atomic mass is 9.93. The van der Waals surface area contributed by atoms with Gasteiger partial charge in [-0.15, -0.1) is 0 Å². The summed E-state index contributed by atoms with van der Waals surface area (Å²) in [6.45, 7) is 0.663. The molecule has 1 saturated carbocycles. The van der Waals surface area contributed by atoms with Gasteiger partial charge in [0.1, 0.15) is 23.6 Å². The first kappa shape index (κ1) is 22.2. The Kier molecular flexibility index (Phi) is 5.60. The number of nitrogens with zero attached hydrogens (tertiary/aromatic N) is 1. The number of aliphatic hydroxyl groups excluding tert-OH is 2. The molecule has 0 unspecified atom stereocenters. The molecule has 0 spiro atoms. The van der Waals surface area contributed by atoms with E-state index in [1.54, 1.807) is 18.2 Å². The highest BCUT2D eigenvalue weighted by molar-refractivity contribution is 5.94. The van der Waals surface area contributed by atoms with Gasteiger partial charge in [-0.05, 0) is 42.2 Å². The van der Waals surface area contributed by atoms with E-state index in [9.17, 15) is 28.9 Å². The van der Waals surface area contributed by atoms with E-state index in [0.29, 0.717) is 30.5 Å². The Labute approximate surface area is 189 Å². The van der Waals surface area contributed by atoms with Crippen molar-refractivity contribution in [3.05, 3.63) is 59.2 Å². The van der Waals surface area contributed by atoms with E-state index in [4.69, 9.17) is 4.74 Å². The molecular weight excluding hydrogens is 434 g/mol. The zero-order valence-electron chi connectivity index (χ0n) is 17.9. The van der Waals surface area contributed by atoms with Crippen LogP contribution in [0.4, 0.5) is 14.5 Å². The van der Waals surface area contributed by atoms with Crippen molar-refractivity contribution in [2.75, 3.05) is 25.0 Å². The van der Waals surface area contributed by atoms with Gasteiger partial charge in [-0.25, -0.2) is 8.78 Å². The van der Waals surface area contributed by atoms with E-state index in [1.807, 2.05) is 4.90 Å². The average Bonchev–Trinajstić information content (AvgIpc) is 3.20. The van der Waals surface area contributed by atoms with Crippen molar-refractivity contribution in [3.8, 4) is 5.75 Å². The Morgan fingerprint density at radius 3 is 2.76 bits per heavy atom. The Balaban J connectivity index is 1.24. The van der Waals surface area contributed by atoms with Crippen LogP contribution in [0.25, 0.3) is 0 Å². The van der Waals surface area contributed by atoms with E-state index < -0.39 is 35.5 Å². The number of nitrogens with one attached hydrogen (secondary N) is 1. The minimum atomic E-state index is -1.44. The maximum Gasteiger partial charge on any atom is 0.224 e. The highest BCUT2D eigenvalue weighted by atomic mass is 19.1. The number of ether oxygens (including phenoxy) is 1. The first-order chi connectivity index (χ1) is 15.7. The number of benzene rings is 2. The topological polar surface area (TPSA) is 102 Å². The lowest BCUT2D eigenvalue weighted by Gasteiger charge is -2.29. The molecule has 3 aliphatic rings. The third-order valence-corrected chi connectivity index (χ3v) is 7.05. The predicted octanol–water partition coefficient (Wildman–Crippen LogP) is 1.76. The molecule has 2 aliphatic heterocycles. The smallest absolute Gasteiger partial charge is 0.224 e. The Morgan fingerprint density at radius 2 is 2.00 bits per heavy atom. The summed E-state index contributed by atoms with van der Waals surface area (Å²) in [6.07, 6.45) is -1.96. The van der Waals surface area contributed by atoms with Crippen LogP contribution >= 0.6 is 0 Å². The first-order valence-corrected chi connectivity index (χ1v) is 11.1. The van der Waals surface area contributed by atoms with Gasteiger partial charge in [-0.3, -0.25) is 9.69 Å². The number of likely N-dealkylation sites (tertiary alicyclic amines) is 1. The molecular formula is C24H26F2N2O5. The number of halogens is 2. The van der Waals surface area contributed by atoms with Crippen LogP contribution in [0.2, 0.25) is 0 Å². The number of anilines is 1. The molecule has 0 bridgehead atoms. The third kappa shape index (κ3) is 3.99. The van der Waals surface area contributed by atoms with Crippen molar-refractivity contribution in [1.29, 1.82) is 0 Å². The number of fused-ring (bicyclic) bond motifs is 2. The predicted molar refractivity (Wildman–Crippen MR) is 115 cm³/mol. The van der Waals surface area contributed by atoms with Crippen LogP contribution in [-0.4, -0.2) is 63.6 Å². The van der Waals surface area contributed by atoms with Gasteiger partial charge in [-0.1, -0.05) is 18.2 Å². The zero-order valence-corrected chi connectivity index (χ0v) is 17.9. The molecule has 0 radical (unpaired) electrons. The molecule has 176 valence electrons. The number of aliphatic hydroxyl groups is 3. The van der Waals surface area contributed by atoms with Crippen LogP contribution in [-0.2, 0) is 11.2 Å². The van der Waals surface area contributed by atoms with Crippen molar-refractivity contribution in [1.82, 2.24) is 4.90 Å². The van der Waals surface area contributed by atoms with Crippen LogP contribution < -0.4 is 10.1 Å². The number of para-hydroxylation sites is 1. The summed E-state index contributed by atoms with van der Waals surface area (Å²) in [5.74, 6) is -1.64. The van der Waals surface area contributed by atoms with Gasteiger partial charge in [0.15, 0.2) is 11.6 Å². The number of carbonyl (C=O) groups excluding carboxylic acids is 1. The van der Waals surface area contributed by atoms with Gasteiger partial charge < -0.3 is 25.4 Å². The highest BCUT2D eigenvalue weighted by Crippen LogP contribution is 2.44. The Hall–Kier alpha value is -2.59. The average molecular weight is 460 g/mol. The van der Waals surface area contributed by atoms with Crippen LogP contribution in [0, 0.1) is 17.6 Å². The second-order valence-corrected chi connectivity index (χ2v) is 9.25. The largest absolute Gasteiger partial charge is 0.485 e. The van der Waals surface area contributed by atoms with Crippen LogP contribution in [0.5, 0.6) is 5.75 Å². The molecule has 0 aromatic heterocycles. The van der Waals surface area contributed by atoms with E-state index in [0.717, 1.165) is 0 Å². The van der Waals surface area contributed by atoms with Crippen molar-refractivity contribution in [2.45, 2.75) is 43.2 Å². The van der Waals surface area contributed by atoms with Gasteiger partial charge in [0, 0.05) is 32.0 Å². The van der Waals surface area contributed by atoms with Gasteiger partial charge in [0.25, 0.3) is 0 Å². The fourth-order valence-electron chi connectivity index (χ4n) is 5.34. The van der Waals surface area contributed by atoms with Gasteiger partial charge in [-0.2, -0.15) is 0 Å². The van der Waals surface area contributed by atoms with Crippen LogP contribution in [0.15, 0.2) is 36.4 Å². The molecule has 2 fully saturated rings. The van der Waals surface area contributed by atoms with Crippen molar-refractivity contribution in [2.24, 2.45) is 5.92 Å². The molecule has 7 nitrogen and oxygen atoms in total. The Morgan fingerprint density at radius 1 is 1.21 bits per heavy atom. The molecule has 33 heavy (non-hydrogen) atoms. The van der Waals surface area contributed by atoms with E-state index in [-0.39, 0.29) is 42.8 Å². The number of β-amino-alcohol motifs (C(OH)–C–C–N with tert-alkyl or cyclic N) is 2. The normalized spacial score (nSPS) is 30.0. The fraction of sp³-hybridized carbons (Fsp3) is 0.458. The summed E-state index contributed by atoms with van der Waals surface area (Å²) in [4.78, 5) is 13.3. The van der Waals surface area contributed by atoms with E-state index >= 15 is 0 Å². The molecule has 2 heterocycles. The summed E-state index contributed by atoms with van der Waals surface area (Å²) >= 11 is 0. The molecule has 5 rings (SSSR count). The van der Waals surface area contributed by atoms with Crippen molar-refractivity contribution in [3.63, 3.8) is 0 Å². The van der Waals surface area contributed by atoms with Gasteiger partial charge in [0.2, 0.25) is 5.91 Å². The van der Waals surface area contributed by atoms with Gasteiger partial charge >= 0.3 is 0 Å². The third-order valence-electron chi connectivity index (χ3n) is 7.05. The van der Waals surface area contributed by atoms with Crippen molar-refractivity contribution >= 4 is 11.6 Å².